The number of nitrogens with zero attached hydrogens (tertiary/aromatic N) is 4. The van der Waals surface area contributed by atoms with Crippen molar-refractivity contribution in [3.8, 4) is 22.4 Å². The predicted molar refractivity (Wildman–Crippen MR) is 168 cm³/mol. The van der Waals surface area contributed by atoms with Crippen molar-refractivity contribution in [3.63, 3.8) is 0 Å². The SMILES string of the molecule is Cc1cnn(C)c1-c1ccc(NC(=O)/C(=C\c2cc(-c3ccc(=O)n(C(C)C)c3)ccc2Cl)NC(=O)c2c[nH]cn2)cc1. The Hall–Kier alpha value is -5.22. The van der Waals surface area contributed by atoms with Gasteiger partial charge >= 0.3 is 0 Å². The molecule has 0 spiro atoms. The molecule has 0 bridgehead atoms. The topological polar surface area (TPSA) is 127 Å². The van der Waals surface area contributed by atoms with Crippen LogP contribution in [0.3, 0.4) is 0 Å². The summed E-state index contributed by atoms with van der Waals surface area (Å²) in [6.45, 7) is 5.85. The highest BCUT2D eigenvalue weighted by Crippen LogP contribution is 2.28. The molecule has 11 heteroatoms. The summed E-state index contributed by atoms with van der Waals surface area (Å²) in [6.07, 6.45) is 7.90. The van der Waals surface area contributed by atoms with Crippen LogP contribution in [0.15, 0.2) is 90.0 Å². The van der Waals surface area contributed by atoms with Crippen LogP contribution >= 0.6 is 11.6 Å². The lowest BCUT2D eigenvalue weighted by molar-refractivity contribution is -0.113. The van der Waals surface area contributed by atoms with Crippen molar-refractivity contribution in [2.45, 2.75) is 26.8 Å². The highest BCUT2D eigenvalue weighted by Gasteiger charge is 2.18. The molecule has 3 heterocycles. The van der Waals surface area contributed by atoms with Gasteiger partial charge in [-0.1, -0.05) is 29.8 Å². The van der Waals surface area contributed by atoms with Crippen LogP contribution in [0.5, 0.6) is 0 Å². The number of hydrogen-bond donors (Lipinski definition) is 3. The van der Waals surface area contributed by atoms with Crippen molar-refractivity contribution in [2.24, 2.45) is 7.05 Å². The van der Waals surface area contributed by atoms with Crippen LogP contribution in [-0.4, -0.2) is 36.1 Å². The van der Waals surface area contributed by atoms with Gasteiger partial charge in [-0.15, -0.1) is 0 Å². The van der Waals surface area contributed by atoms with Crippen LogP contribution in [0.25, 0.3) is 28.5 Å². The second-order valence-electron chi connectivity index (χ2n) is 10.3. The molecule has 0 fully saturated rings. The Morgan fingerprint density at radius 3 is 2.40 bits per heavy atom. The van der Waals surface area contributed by atoms with Gasteiger partial charge in [0.05, 0.1) is 18.2 Å². The summed E-state index contributed by atoms with van der Waals surface area (Å²) in [7, 11) is 1.87. The number of carbonyl (C=O) groups is 2. The molecule has 0 unspecified atom stereocenters. The fourth-order valence-electron chi connectivity index (χ4n) is 4.67. The maximum atomic E-state index is 13.5. The Bertz CT molecular complexity index is 1870. The number of anilines is 1. The fourth-order valence-corrected chi connectivity index (χ4v) is 4.84. The lowest BCUT2D eigenvalue weighted by atomic mass is 10.0. The summed E-state index contributed by atoms with van der Waals surface area (Å²) in [5.74, 6) is -1.12. The number of amides is 2. The summed E-state index contributed by atoms with van der Waals surface area (Å²) in [4.78, 5) is 45.5. The zero-order valence-corrected chi connectivity index (χ0v) is 24.8. The minimum absolute atomic E-state index is 0.0195. The van der Waals surface area contributed by atoms with E-state index in [1.165, 1.54) is 24.7 Å². The van der Waals surface area contributed by atoms with Crippen LogP contribution < -0.4 is 16.2 Å². The Kier molecular flexibility index (Phi) is 8.40. The molecule has 0 aliphatic carbocycles. The van der Waals surface area contributed by atoms with E-state index in [1.54, 1.807) is 52.0 Å². The molecule has 3 aromatic heterocycles. The second-order valence-corrected chi connectivity index (χ2v) is 10.7. The van der Waals surface area contributed by atoms with E-state index in [0.29, 0.717) is 16.3 Å². The Morgan fingerprint density at radius 1 is 1.02 bits per heavy atom. The number of halogens is 1. The first-order chi connectivity index (χ1) is 20.6. The van der Waals surface area contributed by atoms with Crippen LogP contribution in [0.1, 0.15) is 41.5 Å². The molecule has 0 aliphatic heterocycles. The number of hydrogen-bond acceptors (Lipinski definition) is 5. The van der Waals surface area contributed by atoms with E-state index in [4.69, 9.17) is 11.6 Å². The quantitative estimate of drug-likeness (QED) is 0.202. The van der Waals surface area contributed by atoms with Crippen LogP contribution in [0.4, 0.5) is 5.69 Å². The molecule has 0 radical (unpaired) electrons. The molecule has 218 valence electrons. The number of benzene rings is 2. The molecule has 2 aromatic carbocycles. The maximum Gasteiger partial charge on any atom is 0.275 e. The number of aromatic nitrogens is 5. The van der Waals surface area contributed by atoms with Gasteiger partial charge in [0.25, 0.3) is 17.4 Å². The normalized spacial score (nSPS) is 11.5. The third-order valence-corrected chi connectivity index (χ3v) is 7.23. The standard InChI is InChI=1S/C32H30ClN7O3/c1-19(2)40-17-23(8-12-29(40)41)22-7-11-26(33)24(13-22)14-27(38-32(43)28-16-34-18-35-28)31(42)37-25-9-5-21(6-10-25)30-20(3)15-36-39(30)4/h5-19H,1-4H3,(H,34,35)(H,37,42)(H,38,43)/b27-14+. The Morgan fingerprint density at radius 2 is 1.74 bits per heavy atom. The fraction of sp³-hybridized carbons (Fsp3) is 0.156. The molecule has 5 aromatic rings. The van der Waals surface area contributed by atoms with Crippen LogP contribution in [0, 0.1) is 6.92 Å². The van der Waals surface area contributed by atoms with Crippen molar-refractivity contribution in [2.75, 3.05) is 5.32 Å². The molecule has 2 amide bonds. The maximum absolute atomic E-state index is 13.5. The molecule has 0 aliphatic rings. The first-order valence-electron chi connectivity index (χ1n) is 13.5. The molecule has 3 N–H and O–H groups in total. The van der Waals surface area contributed by atoms with Gasteiger partial charge in [0, 0.05) is 47.8 Å². The number of imidazole rings is 1. The molecular weight excluding hydrogens is 566 g/mol. The Balaban J connectivity index is 1.48. The number of nitrogens with one attached hydrogen (secondary N) is 3. The van der Waals surface area contributed by atoms with Gasteiger partial charge in [-0.25, -0.2) is 4.98 Å². The minimum atomic E-state index is -0.569. The van der Waals surface area contributed by atoms with Crippen molar-refractivity contribution in [1.29, 1.82) is 0 Å². The number of H-pyrrole nitrogens is 1. The summed E-state index contributed by atoms with van der Waals surface area (Å²) in [6, 6.07) is 15.9. The molecule has 43 heavy (non-hydrogen) atoms. The number of aryl methyl sites for hydroxylation is 2. The summed E-state index contributed by atoms with van der Waals surface area (Å²) in [5, 5.41) is 10.2. The van der Waals surface area contributed by atoms with Crippen molar-refractivity contribution in [1.82, 2.24) is 29.6 Å². The number of aromatic amines is 1. The molecule has 0 saturated heterocycles. The molecule has 10 nitrogen and oxygen atoms in total. The average molecular weight is 596 g/mol. The largest absolute Gasteiger partial charge is 0.350 e. The smallest absolute Gasteiger partial charge is 0.275 e. The van der Waals surface area contributed by atoms with E-state index in [2.05, 4.69) is 25.7 Å². The van der Waals surface area contributed by atoms with Crippen LogP contribution in [-0.2, 0) is 11.8 Å². The van der Waals surface area contributed by atoms with Crippen LogP contribution in [0.2, 0.25) is 5.02 Å². The van der Waals surface area contributed by atoms with Gasteiger partial charge < -0.3 is 20.2 Å². The van der Waals surface area contributed by atoms with E-state index in [0.717, 1.165) is 27.9 Å². The lowest BCUT2D eigenvalue weighted by Gasteiger charge is -2.14. The van der Waals surface area contributed by atoms with E-state index in [1.807, 2.05) is 46.0 Å². The van der Waals surface area contributed by atoms with E-state index in [-0.39, 0.29) is 23.0 Å². The number of rotatable bonds is 8. The summed E-state index contributed by atoms with van der Waals surface area (Å²) < 4.78 is 3.44. The molecule has 0 saturated carbocycles. The zero-order valence-electron chi connectivity index (χ0n) is 24.1. The van der Waals surface area contributed by atoms with Gasteiger partial charge in [0.2, 0.25) is 0 Å². The van der Waals surface area contributed by atoms with Gasteiger partial charge in [0.1, 0.15) is 11.4 Å². The van der Waals surface area contributed by atoms with E-state index >= 15 is 0 Å². The second kappa shape index (κ2) is 12.3. The van der Waals surface area contributed by atoms with Crippen molar-refractivity contribution >= 4 is 35.2 Å². The lowest BCUT2D eigenvalue weighted by Crippen LogP contribution is -2.31. The molecule has 5 rings (SSSR count). The zero-order chi connectivity index (χ0) is 30.7. The first kappa shape index (κ1) is 29.3. The van der Waals surface area contributed by atoms with E-state index < -0.39 is 11.8 Å². The van der Waals surface area contributed by atoms with E-state index in [9.17, 15) is 14.4 Å². The summed E-state index contributed by atoms with van der Waals surface area (Å²) in [5.41, 5.74) is 5.55. The van der Waals surface area contributed by atoms with Gasteiger partial charge in [0.15, 0.2) is 0 Å². The van der Waals surface area contributed by atoms with Gasteiger partial charge in [-0.2, -0.15) is 5.10 Å². The van der Waals surface area contributed by atoms with Gasteiger partial charge in [-0.3, -0.25) is 19.1 Å². The summed E-state index contributed by atoms with van der Waals surface area (Å²) >= 11 is 6.56. The highest BCUT2D eigenvalue weighted by molar-refractivity contribution is 6.32. The minimum Gasteiger partial charge on any atom is -0.350 e. The predicted octanol–water partition coefficient (Wildman–Crippen LogP) is 5.59. The molecule has 0 atom stereocenters. The highest BCUT2D eigenvalue weighted by atomic mass is 35.5. The number of pyridine rings is 1. The van der Waals surface area contributed by atoms with Gasteiger partial charge in [-0.05, 0) is 79.4 Å². The third kappa shape index (κ3) is 6.49. The third-order valence-electron chi connectivity index (χ3n) is 6.89. The monoisotopic (exact) mass is 595 g/mol. The van der Waals surface area contributed by atoms with Crippen molar-refractivity contribution in [3.05, 3.63) is 117 Å². The molecular formula is C32H30ClN7O3. The Labute approximate surface area is 253 Å². The first-order valence-corrected chi connectivity index (χ1v) is 13.9. The average Bonchev–Trinajstić information content (AvgIpc) is 3.64. The number of carbonyl (C=O) groups excluding carboxylic acids is 2. The van der Waals surface area contributed by atoms with Crippen molar-refractivity contribution < 1.29 is 9.59 Å².